The monoisotopic (exact) mass is 250 g/mol. The van der Waals surface area contributed by atoms with Gasteiger partial charge in [-0.1, -0.05) is 0 Å². The Balaban J connectivity index is 2.58. The zero-order valence-electron chi connectivity index (χ0n) is 11.1. The highest BCUT2D eigenvalue weighted by molar-refractivity contribution is 5.96. The minimum Gasteiger partial charge on any atom is -0.458 e. The normalized spacial score (nSPS) is 12.7. The predicted molar refractivity (Wildman–Crippen MR) is 67.0 cm³/mol. The fraction of sp³-hybridized carbons (Fsp3) is 0.462. The molecule has 0 radical (unpaired) electrons. The van der Waals surface area contributed by atoms with E-state index in [2.05, 4.69) is 10.3 Å². The molecule has 0 saturated heterocycles. The van der Waals surface area contributed by atoms with Crippen molar-refractivity contribution in [1.29, 1.82) is 0 Å². The van der Waals surface area contributed by atoms with E-state index < -0.39 is 17.6 Å². The van der Waals surface area contributed by atoms with E-state index in [4.69, 9.17) is 4.74 Å². The Labute approximate surface area is 107 Å². The average Bonchev–Trinajstić information content (AvgIpc) is 2.27. The molecule has 0 spiro atoms. The quantitative estimate of drug-likeness (QED) is 0.826. The summed E-state index contributed by atoms with van der Waals surface area (Å²) in [5.41, 5.74) is -0.155. The third-order valence-corrected chi connectivity index (χ3v) is 2.03. The molecule has 0 saturated carbocycles. The second-order valence-corrected chi connectivity index (χ2v) is 4.97. The van der Waals surface area contributed by atoms with Crippen molar-refractivity contribution < 1.29 is 14.3 Å². The van der Waals surface area contributed by atoms with Crippen LogP contribution in [0.5, 0.6) is 0 Å². The first-order valence-electron chi connectivity index (χ1n) is 5.73. The highest BCUT2D eigenvalue weighted by Gasteiger charge is 2.23. The molecule has 5 nitrogen and oxygen atoms in total. The van der Waals surface area contributed by atoms with Gasteiger partial charge in [-0.3, -0.25) is 9.78 Å². The minimum atomic E-state index is -0.697. The van der Waals surface area contributed by atoms with E-state index in [9.17, 15) is 9.59 Å². The summed E-state index contributed by atoms with van der Waals surface area (Å²) in [6.45, 7) is 6.92. The molecule has 1 aromatic rings. The van der Waals surface area contributed by atoms with Crippen molar-refractivity contribution in [3.63, 3.8) is 0 Å². The maximum Gasteiger partial charge on any atom is 0.328 e. The van der Waals surface area contributed by atoms with Crippen LogP contribution in [0.15, 0.2) is 24.5 Å². The number of hydrogen-bond donors (Lipinski definition) is 1. The number of rotatable bonds is 3. The van der Waals surface area contributed by atoms with E-state index in [1.54, 1.807) is 46.0 Å². The Morgan fingerprint density at radius 1 is 1.39 bits per heavy atom. The maximum absolute atomic E-state index is 11.8. The van der Waals surface area contributed by atoms with E-state index >= 15 is 0 Å². The van der Waals surface area contributed by atoms with Gasteiger partial charge in [-0.15, -0.1) is 0 Å². The molecule has 0 aromatic carbocycles. The summed E-state index contributed by atoms with van der Waals surface area (Å²) >= 11 is 0. The predicted octanol–water partition coefficient (Wildman–Crippen LogP) is 1.54. The third kappa shape index (κ3) is 4.53. The van der Waals surface area contributed by atoms with Crippen molar-refractivity contribution in [3.8, 4) is 0 Å². The first-order valence-corrected chi connectivity index (χ1v) is 5.73. The Morgan fingerprint density at radius 3 is 2.56 bits per heavy atom. The lowest BCUT2D eigenvalue weighted by molar-refractivity contribution is -0.156. The molecule has 1 heterocycles. The lowest BCUT2D eigenvalue weighted by Crippen LogP contribution is -2.42. The molecule has 1 rings (SSSR count). The smallest absolute Gasteiger partial charge is 0.328 e. The fourth-order valence-corrected chi connectivity index (χ4v) is 1.23. The molecule has 1 N–H and O–H groups in total. The van der Waals surface area contributed by atoms with Crippen molar-refractivity contribution in [2.75, 3.05) is 0 Å². The summed E-state index contributed by atoms with van der Waals surface area (Å²) in [7, 11) is 0. The highest BCUT2D eigenvalue weighted by atomic mass is 16.6. The molecule has 5 heteroatoms. The van der Waals surface area contributed by atoms with E-state index in [-0.39, 0.29) is 5.91 Å². The zero-order chi connectivity index (χ0) is 13.8. The number of aromatic nitrogens is 1. The number of pyridine rings is 1. The molecule has 0 aliphatic carbocycles. The van der Waals surface area contributed by atoms with Crippen LogP contribution < -0.4 is 5.32 Å². The summed E-state index contributed by atoms with van der Waals surface area (Å²) in [5, 5.41) is 2.57. The van der Waals surface area contributed by atoms with Gasteiger partial charge in [-0.25, -0.2) is 4.79 Å². The van der Waals surface area contributed by atoms with Crippen LogP contribution in [0.4, 0.5) is 0 Å². The molecular formula is C13H18N2O3. The average molecular weight is 250 g/mol. The SMILES string of the molecule is C[C@H](NC(=O)c1cccnc1)C(=O)OC(C)(C)C. The van der Waals surface area contributed by atoms with Gasteiger partial charge in [0.1, 0.15) is 11.6 Å². The molecule has 0 aliphatic rings. The van der Waals surface area contributed by atoms with Crippen molar-refractivity contribution >= 4 is 11.9 Å². The Kier molecular flexibility index (Phi) is 4.42. The fourth-order valence-electron chi connectivity index (χ4n) is 1.23. The Morgan fingerprint density at radius 2 is 2.06 bits per heavy atom. The number of esters is 1. The van der Waals surface area contributed by atoms with E-state index in [0.717, 1.165) is 0 Å². The van der Waals surface area contributed by atoms with Crippen LogP contribution in [-0.4, -0.2) is 28.5 Å². The first kappa shape index (κ1) is 14.2. The zero-order valence-corrected chi connectivity index (χ0v) is 11.1. The van der Waals surface area contributed by atoms with Crippen molar-refractivity contribution in [2.24, 2.45) is 0 Å². The van der Waals surface area contributed by atoms with Gasteiger partial charge in [0.25, 0.3) is 5.91 Å². The molecule has 0 fully saturated rings. The summed E-state index contributed by atoms with van der Waals surface area (Å²) in [6.07, 6.45) is 3.02. The van der Waals surface area contributed by atoms with Crippen molar-refractivity contribution in [1.82, 2.24) is 10.3 Å². The first-order chi connectivity index (χ1) is 8.29. The topological polar surface area (TPSA) is 68.3 Å². The molecule has 98 valence electrons. The lowest BCUT2D eigenvalue weighted by atomic mass is 10.2. The van der Waals surface area contributed by atoms with Crippen molar-refractivity contribution in [2.45, 2.75) is 39.3 Å². The van der Waals surface area contributed by atoms with Gasteiger partial charge in [-0.05, 0) is 39.8 Å². The summed E-state index contributed by atoms with van der Waals surface area (Å²) in [5.74, 6) is -0.804. The van der Waals surface area contributed by atoms with Crippen LogP contribution in [0.3, 0.4) is 0 Å². The Bertz CT molecular complexity index is 424. The molecule has 1 atom stereocenters. The standard InChI is InChI=1S/C13H18N2O3/c1-9(12(17)18-13(2,3)4)15-11(16)10-6-5-7-14-8-10/h5-9H,1-4H3,(H,15,16)/t9-/m0/s1. The molecule has 1 aromatic heterocycles. The van der Waals surface area contributed by atoms with Gasteiger partial charge >= 0.3 is 5.97 Å². The molecule has 18 heavy (non-hydrogen) atoms. The molecular weight excluding hydrogens is 232 g/mol. The highest BCUT2D eigenvalue weighted by Crippen LogP contribution is 2.08. The van der Waals surface area contributed by atoms with Crippen LogP contribution in [-0.2, 0) is 9.53 Å². The van der Waals surface area contributed by atoms with E-state index in [0.29, 0.717) is 5.56 Å². The van der Waals surface area contributed by atoms with Gasteiger partial charge in [0.15, 0.2) is 0 Å². The number of carbonyl (C=O) groups excluding carboxylic acids is 2. The third-order valence-electron chi connectivity index (χ3n) is 2.03. The number of carbonyl (C=O) groups is 2. The minimum absolute atomic E-state index is 0.346. The number of hydrogen-bond acceptors (Lipinski definition) is 4. The second kappa shape index (κ2) is 5.62. The van der Waals surface area contributed by atoms with Gasteiger partial charge in [0.2, 0.25) is 0 Å². The van der Waals surface area contributed by atoms with Gasteiger partial charge in [-0.2, -0.15) is 0 Å². The second-order valence-electron chi connectivity index (χ2n) is 4.97. The van der Waals surface area contributed by atoms with Gasteiger partial charge < -0.3 is 10.1 Å². The summed E-state index contributed by atoms with van der Waals surface area (Å²) < 4.78 is 5.17. The Hall–Kier alpha value is -1.91. The van der Waals surface area contributed by atoms with Crippen LogP contribution in [0.25, 0.3) is 0 Å². The molecule has 1 amide bonds. The number of ether oxygens (including phenoxy) is 1. The van der Waals surface area contributed by atoms with Crippen LogP contribution in [0.1, 0.15) is 38.1 Å². The number of nitrogens with one attached hydrogen (secondary N) is 1. The molecule has 0 aliphatic heterocycles. The van der Waals surface area contributed by atoms with Crippen molar-refractivity contribution in [3.05, 3.63) is 30.1 Å². The maximum atomic E-state index is 11.8. The summed E-state index contributed by atoms with van der Waals surface area (Å²) in [6, 6.07) is 2.59. The molecule has 0 bridgehead atoms. The van der Waals surface area contributed by atoms with Gasteiger partial charge in [0.05, 0.1) is 5.56 Å². The molecule has 0 unspecified atom stereocenters. The van der Waals surface area contributed by atoms with Crippen LogP contribution in [0, 0.1) is 0 Å². The van der Waals surface area contributed by atoms with E-state index in [1.165, 1.54) is 6.20 Å². The van der Waals surface area contributed by atoms with E-state index in [1.807, 2.05) is 0 Å². The van der Waals surface area contributed by atoms with Crippen LogP contribution >= 0.6 is 0 Å². The lowest BCUT2D eigenvalue weighted by Gasteiger charge is -2.22. The largest absolute Gasteiger partial charge is 0.458 e. The van der Waals surface area contributed by atoms with Gasteiger partial charge in [0, 0.05) is 12.4 Å². The number of nitrogens with zero attached hydrogens (tertiary/aromatic N) is 1. The number of amides is 1. The summed E-state index contributed by atoms with van der Waals surface area (Å²) in [4.78, 5) is 27.3. The van der Waals surface area contributed by atoms with Crippen LogP contribution in [0.2, 0.25) is 0 Å².